The van der Waals surface area contributed by atoms with Crippen molar-refractivity contribution < 1.29 is 14.0 Å². The minimum Gasteiger partial charge on any atom is -0.452 e. The summed E-state index contributed by atoms with van der Waals surface area (Å²) in [6.45, 7) is 3.84. The molecule has 1 heterocycles. The Morgan fingerprint density at radius 1 is 0.897 bits per heavy atom. The fourth-order valence-electron chi connectivity index (χ4n) is 3.34. The van der Waals surface area contributed by atoms with E-state index in [1.54, 1.807) is 24.3 Å². The normalized spacial score (nSPS) is 10.8. The van der Waals surface area contributed by atoms with Gasteiger partial charge in [0.15, 0.2) is 5.76 Å². The first-order valence-corrected chi connectivity index (χ1v) is 9.49. The van der Waals surface area contributed by atoms with Crippen LogP contribution in [0, 0.1) is 13.8 Å². The van der Waals surface area contributed by atoms with E-state index in [4.69, 9.17) is 4.42 Å². The monoisotopic (exact) mass is 383 g/mol. The van der Waals surface area contributed by atoms with Gasteiger partial charge < -0.3 is 9.73 Å². The average Bonchev–Trinajstić information content (AvgIpc) is 3.05. The van der Waals surface area contributed by atoms with E-state index in [0.29, 0.717) is 29.0 Å². The topological polar surface area (TPSA) is 59.3 Å². The summed E-state index contributed by atoms with van der Waals surface area (Å²) in [6, 6.07) is 22.4. The van der Waals surface area contributed by atoms with Crippen LogP contribution >= 0.6 is 0 Å². The van der Waals surface area contributed by atoms with Gasteiger partial charge in [-0.05, 0) is 37.6 Å². The van der Waals surface area contributed by atoms with E-state index in [1.807, 2.05) is 62.4 Å². The predicted octanol–water partition coefficient (Wildman–Crippen LogP) is 5.46. The lowest BCUT2D eigenvalue weighted by Crippen LogP contribution is -2.14. The number of benzene rings is 3. The molecule has 4 aromatic rings. The maximum absolute atomic E-state index is 12.9. The molecule has 0 bridgehead atoms. The van der Waals surface area contributed by atoms with E-state index < -0.39 is 0 Å². The maximum atomic E-state index is 12.9. The van der Waals surface area contributed by atoms with E-state index in [2.05, 4.69) is 5.32 Å². The van der Waals surface area contributed by atoms with Crippen molar-refractivity contribution in [1.82, 2.24) is 0 Å². The van der Waals surface area contributed by atoms with Crippen molar-refractivity contribution in [3.8, 4) is 0 Å². The second kappa shape index (κ2) is 7.76. The van der Waals surface area contributed by atoms with Gasteiger partial charge in [0.05, 0.1) is 6.42 Å². The van der Waals surface area contributed by atoms with Crippen molar-refractivity contribution in [2.45, 2.75) is 20.3 Å². The average molecular weight is 383 g/mol. The molecule has 0 unspecified atom stereocenters. The van der Waals surface area contributed by atoms with Gasteiger partial charge in [0.2, 0.25) is 11.7 Å². The molecule has 1 N–H and O–H groups in total. The molecule has 1 aromatic heterocycles. The first kappa shape index (κ1) is 18.7. The third-order valence-electron chi connectivity index (χ3n) is 4.95. The van der Waals surface area contributed by atoms with Gasteiger partial charge in [0, 0.05) is 22.2 Å². The quantitative estimate of drug-likeness (QED) is 0.466. The number of carbonyl (C=O) groups excluding carboxylic acids is 2. The fraction of sp³-hybridized carbons (Fsp3) is 0.120. The zero-order chi connectivity index (χ0) is 20.4. The Kier molecular flexibility index (Phi) is 5.00. The number of aryl methyl sites for hydroxylation is 2. The zero-order valence-corrected chi connectivity index (χ0v) is 16.4. The molecular weight excluding hydrogens is 362 g/mol. The standard InChI is InChI=1S/C25H21NO3/c1-16-8-10-19(11-9-16)24(28)25-17(2)21-15-20(12-13-22(21)29-25)26-23(27)14-18-6-4-3-5-7-18/h3-13,15H,14H2,1-2H3,(H,26,27). The Morgan fingerprint density at radius 2 is 1.62 bits per heavy atom. The van der Waals surface area contributed by atoms with E-state index in [-0.39, 0.29) is 11.7 Å². The molecule has 1 amide bonds. The molecule has 3 aromatic carbocycles. The van der Waals surface area contributed by atoms with E-state index in [1.165, 1.54) is 0 Å². The minimum absolute atomic E-state index is 0.0901. The molecule has 4 rings (SSSR count). The SMILES string of the molecule is Cc1ccc(C(=O)c2oc3ccc(NC(=O)Cc4ccccc4)cc3c2C)cc1. The number of rotatable bonds is 5. The molecule has 0 fully saturated rings. The lowest BCUT2D eigenvalue weighted by Gasteiger charge is -2.05. The smallest absolute Gasteiger partial charge is 0.228 e. The Morgan fingerprint density at radius 3 is 2.34 bits per heavy atom. The summed E-state index contributed by atoms with van der Waals surface area (Å²) in [5.41, 5.74) is 4.71. The molecule has 144 valence electrons. The summed E-state index contributed by atoms with van der Waals surface area (Å²) < 4.78 is 5.84. The highest BCUT2D eigenvalue weighted by Gasteiger charge is 2.19. The predicted molar refractivity (Wildman–Crippen MR) is 114 cm³/mol. The summed E-state index contributed by atoms with van der Waals surface area (Å²) in [4.78, 5) is 25.2. The summed E-state index contributed by atoms with van der Waals surface area (Å²) in [6.07, 6.45) is 0.306. The van der Waals surface area contributed by atoms with Crippen LogP contribution in [0.15, 0.2) is 77.2 Å². The Hall–Kier alpha value is -3.66. The van der Waals surface area contributed by atoms with Crippen LogP contribution in [-0.4, -0.2) is 11.7 Å². The molecule has 0 aliphatic carbocycles. The number of ketones is 1. The Balaban J connectivity index is 1.58. The second-order valence-electron chi connectivity index (χ2n) is 7.17. The highest BCUT2D eigenvalue weighted by atomic mass is 16.3. The molecule has 0 saturated carbocycles. The lowest BCUT2D eigenvalue weighted by atomic mass is 10.0. The minimum atomic E-state index is -0.145. The number of anilines is 1. The number of nitrogens with one attached hydrogen (secondary N) is 1. The van der Waals surface area contributed by atoms with Crippen molar-refractivity contribution in [1.29, 1.82) is 0 Å². The van der Waals surface area contributed by atoms with Crippen molar-refractivity contribution in [3.63, 3.8) is 0 Å². The highest BCUT2D eigenvalue weighted by molar-refractivity contribution is 6.10. The van der Waals surface area contributed by atoms with E-state index in [9.17, 15) is 9.59 Å². The van der Waals surface area contributed by atoms with Gasteiger partial charge in [0.25, 0.3) is 0 Å². The zero-order valence-electron chi connectivity index (χ0n) is 16.4. The van der Waals surface area contributed by atoms with Crippen LogP contribution in [0.2, 0.25) is 0 Å². The van der Waals surface area contributed by atoms with Gasteiger partial charge in [-0.25, -0.2) is 0 Å². The molecule has 4 heteroatoms. The first-order valence-electron chi connectivity index (χ1n) is 9.49. The number of amides is 1. The van der Waals surface area contributed by atoms with E-state index >= 15 is 0 Å². The van der Waals surface area contributed by atoms with Crippen molar-refractivity contribution in [2.24, 2.45) is 0 Å². The fourth-order valence-corrected chi connectivity index (χ4v) is 3.34. The summed E-state index contributed by atoms with van der Waals surface area (Å²) in [7, 11) is 0. The molecule has 4 nitrogen and oxygen atoms in total. The largest absolute Gasteiger partial charge is 0.452 e. The molecule has 0 aliphatic rings. The molecule has 0 radical (unpaired) electrons. The molecule has 29 heavy (non-hydrogen) atoms. The van der Waals surface area contributed by atoms with Crippen LogP contribution in [-0.2, 0) is 11.2 Å². The molecular formula is C25H21NO3. The van der Waals surface area contributed by atoms with Gasteiger partial charge in [-0.1, -0.05) is 60.2 Å². The molecule has 0 saturated heterocycles. The van der Waals surface area contributed by atoms with Crippen LogP contribution in [0.5, 0.6) is 0 Å². The highest BCUT2D eigenvalue weighted by Crippen LogP contribution is 2.29. The van der Waals surface area contributed by atoms with Gasteiger partial charge in [-0.2, -0.15) is 0 Å². The third-order valence-corrected chi connectivity index (χ3v) is 4.95. The van der Waals surface area contributed by atoms with E-state index in [0.717, 1.165) is 22.1 Å². The summed E-state index contributed by atoms with van der Waals surface area (Å²) in [5.74, 6) is 0.0950. The molecule has 0 aliphatic heterocycles. The van der Waals surface area contributed by atoms with Crippen LogP contribution in [0.1, 0.15) is 32.8 Å². The lowest BCUT2D eigenvalue weighted by molar-refractivity contribution is -0.115. The Bertz CT molecular complexity index is 1190. The summed E-state index contributed by atoms with van der Waals surface area (Å²) >= 11 is 0. The molecule has 0 atom stereocenters. The van der Waals surface area contributed by atoms with Gasteiger partial charge in [-0.15, -0.1) is 0 Å². The van der Waals surface area contributed by atoms with Gasteiger partial charge in [0.1, 0.15) is 5.58 Å². The number of hydrogen-bond donors (Lipinski definition) is 1. The number of fused-ring (bicyclic) bond motifs is 1. The summed E-state index contributed by atoms with van der Waals surface area (Å²) in [5, 5.41) is 3.74. The number of carbonyl (C=O) groups is 2. The third kappa shape index (κ3) is 3.97. The molecule has 0 spiro atoms. The van der Waals surface area contributed by atoms with Crippen LogP contribution in [0.3, 0.4) is 0 Å². The first-order chi connectivity index (χ1) is 14.0. The van der Waals surface area contributed by atoms with Crippen molar-refractivity contribution in [2.75, 3.05) is 5.32 Å². The Labute approximate surface area is 169 Å². The maximum Gasteiger partial charge on any atom is 0.228 e. The second-order valence-corrected chi connectivity index (χ2v) is 7.17. The van der Waals surface area contributed by atoms with Crippen LogP contribution < -0.4 is 5.32 Å². The van der Waals surface area contributed by atoms with Crippen LogP contribution in [0.4, 0.5) is 5.69 Å². The van der Waals surface area contributed by atoms with Gasteiger partial charge >= 0.3 is 0 Å². The number of hydrogen-bond acceptors (Lipinski definition) is 3. The van der Waals surface area contributed by atoms with Gasteiger partial charge in [-0.3, -0.25) is 9.59 Å². The van der Waals surface area contributed by atoms with Crippen molar-refractivity contribution in [3.05, 3.63) is 101 Å². The van der Waals surface area contributed by atoms with Crippen molar-refractivity contribution >= 4 is 28.3 Å². The van der Waals surface area contributed by atoms with Crippen LogP contribution in [0.25, 0.3) is 11.0 Å². The number of furan rings is 1.